The second-order valence-corrected chi connectivity index (χ2v) is 12.3. The first kappa shape index (κ1) is 27.4. The summed E-state index contributed by atoms with van der Waals surface area (Å²) in [6.45, 7) is 1.90. The summed E-state index contributed by atoms with van der Waals surface area (Å²) in [6, 6.07) is 16.7. The van der Waals surface area contributed by atoms with Crippen LogP contribution < -0.4 is 16.6 Å². The average molecular weight is 546 g/mol. The molecule has 8 heteroatoms. The van der Waals surface area contributed by atoms with Crippen LogP contribution in [0.15, 0.2) is 48.5 Å². The predicted octanol–water partition coefficient (Wildman–Crippen LogP) is 3.57. The summed E-state index contributed by atoms with van der Waals surface area (Å²) in [5, 5.41) is 10.1. The number of aliphatic hydroxyl groups is 1. The molecule has 214 valence electrons. The van der Waals surface area contributed by atoms with E-state index in [9.17, 15) is 14.7 Å². The molecule has 4 fully saturated rings. The molecule has 4 aliphatic rings. The molecule has 0 spiro atoms. The monoisotopic (exact) mass is 545 g/mol. The number of nitrogens with two attached hydrogens (primary N) is 1. The van der Waals surface area contributed by atoms with Crippen molar-refractivity contribution in [3.05, 3.63) is 59.7 Å². The van der Waals surface area contributed by atoms with Crippen LogP contribution in [0, 0.1) is 11.8 Å². The summed E-state index contributed by atoms with van der Waals surface area (Å²) < 4.78 is 0. The Morgan fingerprint density at radius 2 is 1.48 bits per heavy atom. The van der Waals surface area contributed by atoms with E-state index in [0.29, 0.717) is 56.4 Å². The number of hydrogen-bond acceptors (Lipinski definition) is 6. The van der Waals surface area contributed by atoms with Gasteiger partial charge in [0.05, 0.1) is 12.2 Å². The third kappa shape index (κ3) is 5.68. The highest BCUT2D eigenvalue weighted by Crippen LogP contribution is 2.40. The zero-order valence-corrected chi connectivity index (χ0v) is 23.4. The molecule has 5 N–H and O–H groups in total. The molecule has 2 saturated carbocycles. The topological polar surface area (TPSA) is 111 Å². The average Bonchev–Trinajstić information content (AvgIpc) is 3.62. The van der Waals surface area contributed by atoms with Gasteiger partial charge in [-0.25, -0.2) is 10.9 Å². The minimum Gasteiger partial charge on any atom is -0.380 e. The van der Waals surface area contributed by atoms with E-state index in [1.807, 2.05) is 24.3 Å². The lowest BCUT2D eigenvalue weighted by molar-refractivity contribution is -0.143. The van der Waals surface area contributed by atoms with Crippen LogP contribution in [-0.4, -0.2) is 64.7 Å². The number of hydrogen-bond donors (Lipinski definition) is 4. The van der Waals surface area contributed by atoms with Crippen molar-refractivity contribution < 1.29 is 14.7 Å². The van der Waals surface area contributed by atoms with Crippen LogP contribution in [-0.2, 0) is 4.79 Å². The smallest absolute Gasteiger partial charge is 0.254 e. The second kappa shape index (κ2) is 11.6. The summed E-state index contributed by atoms with van der Waals surface area (Å²) in [6.07, 6.45) is 10.1. The van der Waals surface area contributed by atoms with Crippen molar-refractivity contribution >= 4 is 11.8 Å². The van der Waals surface area contributed by atoms with Gasteiger partial charge in [-0.1, -0.05) is 75.3 Å². The number of carbonyl (C=O) groups is 2. The highest BCUT2D eigenvalue weighted by atomic mass is 16.3. The molecule has 3 unspecified atom stereocenters. The molecule has 2 aromatic rings. The molecule has 0 aromatic heterocycles. The van der Waals surface area contributed by atoms with E-state index >= 15 is 0 Å². The molecule has 0 radical (unpaired) electrons. The normalized spacial score (nSPS) is 27.2. The SMILES string of the molecule is NC1NNC(c2cccc(-c3ccc(C(=O)N4CCN(C(=O)C5(O)CC5)CC4)cc3)c2)C1C1CCCCCCC1. The number of rotatable bonds is 5. The Morgan fingerprint density at radius 1 is 0.825 bits per heavy atom. The number of nitrogens with one attached hydrogen (secondary N) is 2. The standard InChI is InChI=1S/C32H43N5O3/c33-29-27(23-7-4-2-1-3-5-8-23)28(34-35-29)26-10-6-9-25(21-26)22-11-13-24(14-12-22)30(38)36-17-19-37(20-18-36)31(39)32(40)15-16-32/h6,9-14,21,23,27-29,34-35,40H,1-5,7-8,15-20,33H2. The summed E-state index contributed by atoms with van der Waals surface area (Å²) in [7, 11) is 0. The molecule has 0 bridgehead atoms. The Balaban J connectivity index is 1.11. The van der Waals surface area contributed by atoms with Crippen molar-refractivity contribution in [1.29, 1.82) is 0 Å². The van der Waals surface area contributed by atoms with Crippen LogP contribution in [0.1, 0.15) is 79.8 Å². The van der Waals surface area contributed by atoms with Crippen molar-refractivity contribution in [3.8, 4) is 11.1 Å². The van der Waals surface area contributed by atoms with E-state index in [-0.39, 0.29) is 24.0 Å². The van der Waals surface area contributed by atoms with Crippen molar-refractivity contribution in [2.24, 2.45) is 17.6 Å². The van der Waals surface area contributed by atoms with Crippen LogP contribution in [0.25, 0.3) is 11.1 Å². The second-order valence-electron chi connectivity index (χ2n) is 12.3. The molecule has 2 saturated heterocycles. The Hall–Kier alpha value is -2.78. The largest absolute Gasteiger partial charge is 0.380 e. The molecule has 2 aliphatic carbocycles. The van der Waals surface area contributed by atoms with E-state index < -0.39 is 5.60 Å². The van der Waals surface area contributed by atoms with Gasteiger partial charge < -0.3 is 20.6 Å². The van der Waals surface area contributed by atoms with Crippen molar-refractivity contribution in [1.82, 2.24) is 20.7 Å². The van der Waals surface area contributed by atoms with Crippen LogP contribution in [0.2, 0.25) is 0 Å². The van der Waals surface area contributed by atoms with Crippen molar-refractivity contribution in [3.63, 3.8) is 0 Å². The molecule has 8 nitrogen and oxygen atoms in total. The minimum atomic E-state index is -1.15. The van der Waals surface area contributed by atoms with Gasteiger partial charge in [-0.05, 0) is 53.6 Å². The molecular formula is C32H43N5O3. The number of piperazine rings is 1. The first-order valence-electron chi connectivity index (χ1n) is 15.2. The highest BCUT2D eigenvalue weighted by molar-refractivity contribution is 5.95. The maximum Gasteiger partial charge on any atom is 0.254 e. The van der Waals surface area contributed by atoms with E-state index in [2.05, 4.69) is 35.1 Å². The zero-order chi connectivity index (χ0) is 27.7. The third-order valence-electron chi connectivity index (χ3n) is 9.59. The van der Waals surface area contributed by atoms with Crippen LogP contribution in [0.5, 0.6) is 0 Å². The van der Waals surface area contributed by atoms with Gasteiger partial charge in [0.1, 0.15) is 5.60 Å². The Labute approximate surface area is 237 Å². The first-order chi connectivity index (χ1) is 19.4. The lowest BCUT2D eigenvalue weighted by Crippen LogP contribution is -2.53. The Kier molecular flexibility index (Phi) is 7.95. The van der Waals surface area contributed by atoms with Crippen molar-refractivity contribution in [2.75, 3.05) is 26.2 Å². The lowest BCUT2D eigenvalue weighted by atomic mass is 9.76. The van der Waals surface area contributed by atoms with Gasteiger partial charge >= 0.3 is 0 Å². The third-order valence-corrected chi connectivity index (χ3v) is 9.59. The van der Waals surface area contributed by atoms with E-state index in [0.717, 1.165) is 11.1 Å². The van der Waals surface area contributed by atoms with Gasteiger partial charge in [0, 0.05) is 37.7 Å². The fraction of sp³-hybridized carbons (Fsp3) is 0.562. The number of benzene rings is 2. The maximum absolute atomic E-state index is 13.2. The Bertz CT molecular complexity index is 1200. The molecular weight excluding hydrogens is 502 g/mol. The molecule has 2 aromatic carbocycles. The summed E-state index contributed by atoms with van der Waals surface area (Å²) in [4.78, 5) is 29.1. The number of nitrogens with zero attached hydrogens (tertiary/aromatic N) is 2. The molecule has 2 aliphatic heterocycles. The zero-order valence-electron chi connectivity index (χ0n) is 23.4. The summed E-state index contributed by atoms with van der Waals surface area (Å²) in [5.41, 5.74) is 16.4. The first-order valence-corrected chi connectivity index (χ1v) is 15.2. The van der Waals surface area contributed by atoms with Crippen molar-refractivity contribution in [2.45, 2.75) is 75.6 Å². The van der Waals surface area contributed by atoms with E-state index in [1.54, 1.807) is 9.80 Å². The van der Waals surface area contributed by atoms with E-state index in [4.69, 9.17) is 5.73 Å². The molecule has 2 amide bonds. The minimum absolute atomic E-state index is 0.0187. The maximum atomic E-state index is 13.2. The number of carbonyl (C=O) groups excluding carboxylic acids is 2. The highest BCUT2D eigenvalue weighted by Gasteiger charge is 2.50. The van der Waals surface area contributed by atoms with Gasteiger partial charge in [-0.2, -0.15) is 0 Å². The van der Waals surface area contributed by atoms with Crippen LogP contribution >= 0.6 is 0 Å². The quantitative estimate of drug-likeness (QED) is 0.457. The summed E-state index contributed by atoms with van der Waals surface area (Å²) >= 11 is 0. The lowest BCUT2D eigenvalue weighted by Gasteiger charge is -2.35. The van der Waals surface area contributed by atoms with Gasteiger partial charge in [0.15, 0.2) is 0 Å². The predicted molar refractivity (Wildman–Crippen MR) is 155 cm³/mol. The van der Waals surface area contributed by atoms with Crippen LogP contribution in [0.3, 0.4) is 0 Å². The van der Waals surface area contributed by atoms with Gasteiger partial charge in [-0.15, -0.1) is 0 Å². The number of hydrazine groups is 1. The molecule has 6 rings (SSSR count). The molecule has 2 heterocycles. The fourth-order valence-electron chi connectivity index (χ4n) is 6.97. The van der Waals surface area contributed by atoms with Crippen LogP contribution in [0.4, 0.5) is 0 Å². The molecule has 40 heavy (non-hydrogen) atoms. The fourth-order valence-corrected chi connectivity index (χ4v) is 6.97. The molecule has 3 atom stereocenters. The van der Waals surface area contributed by atoms with Gasteiger partial charge in [0.2, 0.25) is 0 Å². The van der Waals surface area contributed by atoms with Gasteiger partial charge in [0.25, 0.3) is 11.8 Å². The van der Waals surface area contributed by atoms with E-state index in [1.165, 1.54) is 50.5 Å². The Morgan fingerprint density at radius 3 is 2.15 bits per heavy atom. The number of amides is 2. The van der Waals surface area contributed by atoms with Gasteiger partial charge in [-0.3, -0.25) is 9.59 Å². The summed E-state index contributed by atoms with van der Waals surface area (Å²) in [5.74, 6) is 0.772.